The van der Waals surface area contributed by atoms with Crippen LogP contribution in [-0.4, -0.2) is 42.1 Å². The summed E-state index contributed by atoms with van der Waals surface area (Å²) in [5, 5.41) is 5.63. The number of nitrogens with one attached hydrogen (secondary N) is 1. The summed E-state index contributed by atoms with van der Waals surface area (Å²) in [6.07, 6.45) is 1.51. The predicted octanol–water partition coefficient (Wildman–Crippen LogP) is 3.35. The number of piperidine rings is 1. The van der Waals surface area contributed by atoms with E-state index in [0.29, 0.717) is 36.0 Å². The van der Waals surface area contributed by atoms with Crippen LogP contribution in [-0.2, 0) is 4.79 Å². The van der Waals surface area contributed by atoms with Crippen molar-refractivity contribution in [2.45, 2.75) is 12.8 Å². The van der Waals surface area contributed by atoms with Crippen LogP contribution in [0.3, 0.4) is 0 Å². The molecule has 0 unspecified atom stereocenters. The molecule has 0 aliphatic carbocycles. The number of hydrogen-bond donors (Lipinski definition) is 1. The van der Waals surface area contributed by atoms with Crippen molar-refractivity contribution in [3.8, 4) is 0 Å². The van der Waals surface area contributed by atoms with E-state index in [1.54, 1.807) is 23.1 Å². The van der Waals surface area contributed by atoms with Gasteiger partial charge in [0.05, 0.1) is 4.88 Å². The van der Waals surface area contributed by atoms with Crippen LogP contribution in [0.4, 0.5) is 0 Å². The molecule has 1 aliphatic heterocycles. The van der Waals surface area contributed by atoms with Gasteiger partial charge in [-0.2, -0.15) is 0 Å². The van der Waals surface area contributed by atoms with Crippen LogP contribution in [0.1, 0.15) is 33.1 Å². The number of carbonyl (C=O) groups is 3. The first-order chi connectivity index (χ1) is 13.6. The van der Waals surface area contributed by atoms with E-state index in [4.69, 9.17) is 4.42 Å². The zero-order valence-corrected chi connectivity index (χ0v) is 16.0. The standard InChI is InChI=1S/C21H20N2O4S/c24-19(17-12-15-4-1-2-5-16(15)27-17)21(26)23-9-7-14(8-10-23)13-22-20(25)18-6-3-11-28-18/h1-6,11-12,14H,7-10,13H2,(H,22,25). The molecule has 1 N–H and O–H groups in total. The smallest absolute Gasteiger partial charge is 0.298 e. The van der Waals surface area contributed by atoms with Crippen LogP contribution in [0.15, 0.2) is 52.3 Å². The lowest BCUT2D eigenvalue weighted by atomic mass is 9.96. The fourth-order valence-electron chi connectivity index (χ4n) is 3.41. The van der Waals surface area contributed by atoms with Crippen molar-refractivity contribution >= 4 is 39.9 Å². The minimum absolute atomic E-state index is 0.0615. The molecule has 0 bridgehead atoms. The van der Waals surface area contributed by atoms with E-state index in [-0.39, 0.29) is 11.7 Å². The zero-order chi connectivity index (χ0) is 19.5. The van der Waals surface area contributed by atoms with Crippen molar-refractivity contribution in [3.63, 3.8) is 0 Å². The Kier molecular flexibility index (Phi) is 5.25. The van der Waals surface area contributed by atoms with Gasteiger partial charge in [-0.15, -0.1) is 11.3 Å². The van der Waals surface area contributed by atoms with E-state index >= 15 is 0 Å². The molecule has 6 nitrogen and oxygen atoms in total. The molecule has 144 valence electrons. The average molecular weight is 396 g/mol. The van der Waals surface area contributed by atoms with Crippen LogP contribution in [0, 0.1) is 5.92 Å². The molecule has 3 aromatic rings. The molecule has 3 heterocycles. The molecule has 7 heteroatoms. The molecule has 2 amide bonds. The lowest BCUT2D eigenvalue weighted by Gasteiger charge is -2.31. The third-order valence-electron chi connectivity index (χ3n) is 5.04. The topological polar surface area (TPSA) is 79.6 Å². The number of furan rings is 1. The molecule has 0 spiro atoms. The maximum atomic E-state index is 12.6. The van der Waals surface area contributed by atoms with Crippen LogP contribution < -0.4 is 5.32 Å². The van der Waals surface area contributed by atoms with Crippen molar-refractivity contribution in [2.24, 2.45) is 5.92 Å². The number of hydrogen-bond acceptors (Lipinski definition) is 5. The first-order valence-corrected chi connectivity index (χ1v) is 10.1. The van der Waals surface area contributed by atoms with Gasteiger partial charge < -0.3 is 14.6 Å². The fraction of sp³-hybridized carbons (Fsp3) is 0.286. The van der Waals surface area contributed by atoms with E-state index in [2.05, 4.69) is 5.32 Å². The number of benzene rings is 1. The van der Waals surface area contributed by atoms with Crippen LogP contribution in [0.2, 0.25) is 0 Å². The number of para-hydroxylation sites is 1. The first-order valence-electron chi connectivity index (χ1n) is 9.25. The Morgan fingerprint density at radius 2 is 1.89 bits per heavy atom. The molecular weight excluding hydrogens is 376 g/mol. The second-order valence-corrected chi connectivity index (χ2v) is 7.85. The van der Waals surface area contributed by atoms with Crippen molar-refractivity contribution in [3.05, 3.63) is 58.5 Å². The van der Waals surface area contributed by atoms with Gasteiger partial charge in [0.25, 0.3) is 17.6 Å². The van der Waals surface area contributed by atoms with Crippen LogP contribution in [0.5, 0.6) is 0 Å². The van der Waals surface area contributed by atoms with Crippen LogP contribution in [0.25, 0.3) is 11.0 Å². The van der Waals surface area contributed by atoms with Crippen molar-refractivity contribution in [1.82, 2.24) is 10.2 Å². The molecule has 0 radical (unpaired) electrons. The van der Waals surface area contributed by atoms with Crippen molar-refractivity contribution < 1.29 is 18.8 Å². The van der Waals surface area contributed by atoms with E-state index in [1.165, 1.54) is 11.3 Å². The van der Waals surface area contributed by atoms with Gasteiger partial charge in [0.1, 0.15) is 5.58 Å². The molecule has 1 aliphatic rings. The zero-order valence-electron chi connectivity index (χ0n) is 15.2. The van der Waals surface area contributed by atoms with Gasteiger partial charge in [0, 0.05) is 25.0 Å². The number of amides is 2. The maximum Gasteiger partial charge on any atom is 0.298 e. The average Bonchev–Trinajstić information content (AvgIpc) is 3.41. The molecule has 2 aromatic heterocycles. The highest BCUT2D eigenvalue weighted by atomic mass is 32.1. The summed E-state index contributed by atoms with van der Waals surface area (Å²) in [6, 6.07) is 12.6. The Balaban J connectivity index is 1.30. The monoisotopic (exact) mass is 396 g/mol. The summed E-state index contributed by atoms with van der Waals surface area (Å²) < 4.78 is 5.52. The minimum Gasteiger partial charge on any atom is -0.452 e. The lowest BCUT2D eigenvalue weighted by Crippen LogP contribution is -2.44. The quantitative estimate of drug-likeness (QED) is 0.530. The number of Topliss-reactive ketones (excluding diaryl/α,β-unsaturated/α-hetero) is 1. The van der Waals surface area contributed by atoms with Gasteiger partial charge >= 0.3 is 0 Å². The van der Waals surface area contributed by atoms with E-state index in [9.17, 15) is 14.4 Å². The third-order valence-corrected chi connectivity index (χ3v) is 5.91. The Hall–Kier alpha value is -2.93. The van der Waals surface area contributed by atoms with E-state index in [1.807, 2.05) is 29.6 Å². The Morgan fingerprint density at radius 3 is 2.61 bits per heavy atom. The third kappa shape index (κ3) is 3.84. The summed E-state index contributed by atoms with van der Waals surface area (Å²) in [7, 11) is 0. The number of fused-ring (bicyclic) bond motifs is 1. The summed E-state index contributed by atoms with van der Waals surface area (Å²) in [4.78, 5) is 39.3. The molecule has 4 rings (SSSR count). The number of ketones is 1. The molecule has 0 atom stereocenters. The second-order valence-electron chi connectivity index (χ2n) is 6.90. The molecule has 1 aromatic carbocycles. The van der Waals surface area contributed by atoms with Gasteiger partial charge in [-0.05, 0) is 42.3 Å². The molecule has 28 heavy (non-hydrogen) atoms. The summed E-state index contributed by atoms with van der Waals surface area (Å²) in [5.74, 6) is -0.819. The second kappa shape index (κ2) is 7.98. The van der Waals surface area contributed by atoms with Gasteiger partial charge in [-0.25, -0.2) is 0 Å². The van der Waals surface area contributed by atoms with Gasteiger partial charge in [-0.3, -0.25) is 14.4 Å². The Morgan fingerprint density at radius 1 is 1.11 bits per heavy atom. The number of likely N-dealkylation sites (tertiary alicyclic amines) is 1. The highest BCUT2D eigenvalue weighted by molar-refractivity contribution is 7.12. The van der Waals surface area contributed by atoms with Crippen molar-refractivity contribution in [1.29, 1.82) is 0 Å². The SMILES string of the molecule is O=C(C(=O)N1CCC(CNC(=O)c2cccs2)CC1)c1cc2ccccc2o1. The Bertz CT molecular complexity index is 968. The first kappa shape index (κ1) is 18.4. The lowest BCUT2D eigenvalue weighted by molar-refractivity contribution is -0.127. The number of nitrogens with zero attached hydrogens (tertiary/aromatic N) is 1. The molecular formula is C21H20N2O4S. The fourth-order valence-corrected chi connectivity index (χ4v) is 4.05. The van der Waals surface area contributed by atoms with Gasteiger partial charge in [-0.1, -0.05) is 24.3 Å². The van der Waals surface area contributed by atoms with Gasteiger partial charge in [0.15, 0.2) is 5.76 Å². The van der Waals surface area contributed by atoms with Gasteiger partial charge in [0.2, 0.25) is 0 Å². The number of thiophene rings is 1. The summed E-state index contributed by atoms with van der Waals surface area (Å²) in [5.41, 5.74) is 0.596. The molecule has 1 fully saturated rings. The van der Waals surface area contributed by atoms with E-state index in [0.717, 1.165) is 18.2 Å². The summed E-state index contributed by atoms with van der Waals surface area (Å²) >= 11 is 1.41. The predicted molar refractivity (Wildman–Crippen MR) is 107 cm³/mol. The largest absolute Gasteiger partial charge is 0.452 e. The number of carbonyl (C=O) groups excluding carboxylic acids is 3. The Labute approximate surface area is 166 Å². The van der Waals surface area contributed by atoms with Crippen LogP contribution >= 0.6 is 11.3 Å². The highest BCUT2D eigenvalue weighted by Gasteiger charge is 2.29. The highest BCUT2D eigenvalue weighted by Crippen LogP contribution is 2.22. The maximum absolute atomic E-state index is 12.6. The van der Waals surface area contributed by atoms with Crippen molar-refractivity contribution in [2.75, 3.05) is 19.6 Å². The normalized spacial score (nSPS) is 14.9. The minimum atomic E-state index is -0.611. The molecule has 0 saturated carbocycles. The number of rotatable bonds is 5. The summed E-state index contributed by atoms with van der Waals surface area (Å²) in [6.45, 7) is 1.59. The van der Waals surface area contributed by atoms with E-state index < -0.39 is 11.7 Å². The molecule has 1 saturated heterocycles.